The lowest BCUT2D eigenvalue weighted by Gasteiger charge is -2.27. The van der Waals surface area contributed by atoms with Crippen LogP contribution in [0.25, 0.3) is 0 Å². The van der Waals surface area contributed by atoms with E-state index in [0.29, 0.717) is 10.5 Å². The average Bonchev–Trinajstić information content (AvgIpc) is 2.10. The van der Waals surface area contributed by atoms with Gasteiger partial charge in [0.2, 0.25) is 29.5 Å². The molecule has 0 fully saturated rings. The second-order valence-electron chi connectivity index (χ2n) is 21.6. The molecule has 3 atom stereocenters. The number of amides is 9. The summed E-state index contributed by atoms with van der Waals surface area (Å²) >= 11 is 0. The molecule has 9 amide bonds. The van der Waals surface area contributed by atoms with E-state index < -0.39 is 101 Å². The smallest absolute Gasteiger partial charge is 0.429 e. The third kappa shape index (κ3) is 31.1. The zero-order valence-corrected chi connectivity index (χ0v) is 50.9. The van der Waals surface area contributed by atoms with Crippen LogP contribution in [0.1, 0.15) is 148 Å². The van der Waals surface area contributed by atoms with Gasteiger partial charge in [0, 0.05) is 146 Å². The van der Waals surface area contributed by atoms with Crippen molar-refractivity contribution >= 4 is 111 Å². The number of nitrogens with two attached hydrogens (primary N) is 1. The van der Waals surface area contributed by atoms with Crippen LogP contribution in [0.15, 0.2) is 60.7 Å². The molecule has 2 aromatic carbocycles. The van der Waals surface area contributed by atoms with E-state index in [1.54, 1.807) is 13.8 Å². The number of Topliss-reactive ketones (excluding diaryl/α,β-unsaturated/α-hetero) is 8. The van der Waals surface area contributed by atoms with Crippen LogP contribution in [0.3, 0.4) is 0 Å². The molecule has 0 aliphatic carbocycles. The first-order chi connectivity index (χ1) is 43.1. The Hall–Kier alpha value is -10.0. The third-order valence-corrected chi connectivity index (χ3v) is 13.8. The summed E-state index contributed by atoms with van der Waals surface area (Å²) in [6.45, 7) is 3.14. The fraction of sp³-hybridized carbons (Fsp3) is 0.492. The predicted octanol–water partition coefficient (Wildman–Crippen LogP) is 3.05. The number of hydrogen-bond acceptors (Lipinski definition) is 21. The molecule has 0 saturated heterocycles. The molecule has 0 bridgehead atoms. The van der Waals surface area contributed by atoms with E-state index in [1.807, 2.05) is 0 Å². The average molecular weight is 1270 g/mol. The molecule has 1 heterocycles. The molecule has 492 valence electrons. The Kier molecular flexibility index (Phi) is 32.9. The Labute approximate surface area is 523 Å². The zero-order valence-electron chi connectivity index (χ0n) is 50.9. The van der Waals surface area contributed by atoms with Crippen molar-refractivity contribution in [1.29, 1.82) is 0 Å². The van der Waals surface area contributed by atoms with Crippen LogP contribution < -0.4 is 42.4 Å². The van der Waals surface area contributed by atoms with Gasteiger partial charge >= 0.3 is 12.2 Å². The highest BCUT2D eigenvalue weighted by Gasteiger charge is 2.33. The number of non-ortho nitro benzene ring substituents is 1. The topological polar surface area (TPSA) is 453 Å². The molecule has 0 spiro atoms. The van der Waals surface area contributed by atoms with Crippen LogP contribution in [0.4, 0.5) is 21.0 Å². The van der Waals surface area contributed by atoms with Crippen molar-refractivity contribution in [2.45, 2.75) is 167 Å². The molecule has 1 aliphatic heterocycles. The van der Waals surface area contributed by atoms with Gasteiger partial charge in [-0.05, 0) is 61.9 Å². The molecule has 1 aliphatic rings. The normalized spacial score (nSPS) is 12.5. The van der Waals surface area contributed by atoms with Crippen LogP contribution in [0.2, 0.25) is 0 Å². The number of anilines is 1. The monoisotopic (exact) mass is 1270 g/mol. The van der Waals surface area contributed by atoms with E-state index in [9.17, 15) is 91.6 Å². The van der Waals surface area contributed by atoms with Gasteiger partial charge in [0.25, 0.3) is 17.5 Å². The van der Waals surface area contributed by atoms with E-state index in [-0.39, 0.29) is 194 Å². The lowest BCUT2D eigenvalue weighted by molar-refractivity contribution is -0.384. The Morgan fingerprint density at radius 3 is 1.45 bits per heavy atom. The van der Waals surface area contributed by atoms with Crippen molar-refractivity contribution in [3.05, 3.63) is 76.4 Å². The SMILES string of the molecule is CC(=O)CCC(=O)CCC(=O)CCC(=O)CCC(=O)CCC(=O)CCC(=O)CCC(=O)CCC(=O)NCC[C@H](NC(=O)CN1C(=O)C=CC1=O)C(=O)N[C@H](C(=O)N[C@@H](CCCNC(N)=O)C(=O)Nc1ccc(COC(=O)Oc2ccc([N+](=O)[O-])cc2)cc1)C(C)C. The van der Waals surface area contributed by atoms with Crippen molar-refractivity contribution in [3.8, 4) is 5.75 Å². The molecular weight excluding hydrogens is 1190 g/mol. The Morgan fingerprint density at radius 1 is 0.538 bits per heavy atom. The number of nitrogens with zero attached hydrogens (tertiary/aromatic N) is 2. The Morgan fingerprint density at radius 2 is 1.00 bits per heavy atom. The highest BCUT2D eigenvalue weighted by atomic mass is 16.7. The molecule has 2 aromatic rings. The minimum absolute atomic E-state index is 0.000382. The maximum absolute atomic E-state index is 14.0. The molecular formula is C61H77N9O21. The quantitative estimate of drug-likeness (QED) is 0.0125. The number of nitro benzene ring substituents is 1. The summed E-state index contributed by atoms with van der Waals surface area (Å²) in [7, 11) is 0. The van der Waals surface area contributed by atoms with Gasteiger partial charge in [-0.1, -0.05) is 26.0 Å². The molecule has 0 radical (unpaired) electrons. The van der Waals surface area contributed by atoms with Crippen molar-refractivity contribution < 1.29 is 95.9 Å². The standard InChI is InChI=1S/C61H77N9O21/c1-37(2)56(59(85)67-50(5-4-33-64-60(62)86)57(83)65-40-9-7-39(8-10-40)36-90-61(87)91-49-27-11-41(12-28-49)70(88)89)68-58(84)51(66-53(80)35-69-54(81)30-31-55(69)82)32-34-63-52(79)29-26-48(78)25-24-47(77)23-22-46(76)21-20-45(75)19-18-44(74)17-16-43(73)15-14-42(72)13-6-38(3)71/h7-12,27-28,30-31,37,50-51,56H,4-6,13-26,29,32-36H2,1-3H3,(H,63,79)(H,65,83)(H,66,80)(H,67,85)(H,68,84)(H3,62,64,86)/t50-,51-,56-/m0/s1. The number of carbonyl (C=O) groups is 17. The van der Waals surface area contributed by atoms with Crippen molar-refractivity contribution in [3.63, 3.8) is 0 Å². The predicted molar refractivity (Wildman–Crippen MR) is 320 cm³/mol. The fourth-order valence-corrected chi connectivity index (χ4v) is 8.45. The van der Waals surface area contributed by atoms with Gasteiger partial charge in [0.1, 0.15) is 83.3 Å². The molecule has 3 rings (SSSR count). The number of urea groups is 1. The van der Waals surface area contributed by atoms with Crippen molar-refractivity contribution in [1.82, 2.24) is 31.5 Å². The first-order valence-corrected chi connectivity index (χ1v) is 29.4. The summed E-state index contributed by atoms with van der Waals surface area (Å²) in [6.07, 6.45) is -1.61. The first-order valence-electron chi connectivity index (χ1n) is 29.4. The van der Waals surface area contributed by atoms with Gasteiger partial charge < -0.3 is 51.9 Å². The molecule has 0 aromatic heterocycles. The minimum atomic E-state index is -1.52. The summed E-state index contributed by atoms with van der Waals surface area (Å²) < 4.78 is 10.1. The number of carbonyl (C=O) groups excluding carboxylic acids is 17. The van der Waals surface area contributed by atoms with Crippen molar-refractivity contribution in [2.75, 3.05) is 25.0 Å². The largest absolute Gasteiger partial charge is 0.514 e. The number of ether oxygens (including phenoxy) is 2. The van der Waals surface area contributed by atoms with Crippen molar-refractivity contribution in [2.24, 2.45) is 11.7 Å². The number of nitrogens with one attached hydrogen (secondary N) is 6. The first kappa shape index (κ1) is 75.2. The van der Waals surface area contributed by atoms with Crippen LogP contribution in [-0.2, 0) is 83.3 Å². The van der Waals surface area contributed by atoms with Gasteiger partial charge in [-0.15, -0.1) is 0 Å². The molecule has 30 heteroatoms. The number of hydrogen-bond donors (Lipinski definition) is 7. The van der Waals surface area contributed by atoms with Gasteiger partial charge in [-0.3, -0.25) is 82.1 Å². The molecule has 91 heavy (non-hydrogen) atoms. The number of primary amides is 1. The number of ketones is 8. The van der Waals surface area contributed by atoms with Gasteiger partial charge in [0.05, 0.1) is 4.92 Å². The second-order valence-corrected chi connectivity index (χ2v) is 21.6. The summed E-state index contributed by atoms with van der Waals surface area (Å²) in [4.78, 5) is 224. The van der Waals surface area contributed by atoms with E-state index in [4.69, 9.17) is 15.2 Å². The Bertz CT molecular complexity index is 3050. The number of imide groups is 1. The van der Waals surface area contributed by atoms with Crippen LogP contribution >= 0.6 is 0 Å². The number of nitro groups is 1. The fourth-order valence-electron chi connectivity index (χ4n) is 8.45. The van der Waals surface area contributed by atoms with Gasteiger partial charge in [-0.2, -0.15) is 0 Å². The highest BCUT2D eigenvalue weighted by molar-refractivity contribution is 6.14. The maximum Gasteiger partial charge on any atom is 0.514 e. The molecule has 8 N–H and O–H groups in total. The van der Waals surface area contributed by atoms with E-state index >= 15 is 0 Å². The highest BCUT2D eigenvalue weighted by Crippen LogP contribution is 2.19. The molecule has 0 unspecified atom stereocenters. The molecule has 0 saturated carbocycles. The van der Waals surface area contributed by atoms with Crippen LogP contribution in [0.5, 0.6) is 5.75 Å². The summed E-state index contributed by atoms with van der Waals surface area (Å²) in [5, 5.41) is 26.1. The summed E-state index contributed by atoms with van der Waals surface area (Å²) in [5.74, 6) is -9.00. The van der Waals surface area contributed by atoms with E-state index in [2.05, 4.69) is 31.9 Å². The van der Waals surface area contributed by atoms with E-state index in [1.165, 1.54) is 43.3 Å². The third-order valence-electron chi connectivity index (χ3n) is 13.8. The number of benzene rings is 2. The molecule has 30 nitrogen and oxygen atoms in total. The summed E-state index contributed by atoms with van der Waals surface area (Å²) in [6, 6.07) is 5.62. The van der Waals surface area contributed by atoms with E-state index in [0.717, 1.165) is 24.3 Å². The number of rotatable bonds is 45. The Balaban J connectivity index is 1.51. The maximum atomic E-state index is 14.0. The van der Waals surface area contributed by atoms with Gasteiger partial charge in [0.15, 0.2) is 0 Å². The minimum Gasteiger partial charge on any atom is -0.429 e. The lowest BCUT2D eigenvalue weighted by atomic mass is 10.00. The second kappa shape index (κ2) is 39.8. The van der Waals surface area contributed by atoms with Crippen LogP contribution in [0, 0.1) is 16.0 Å². The summed E-state index contributed by atoms with van der Waals surface area (Å²) in [5.41, 5.74) is 5.67. The van der Waals surface area contributed by atoms with Crippen LogP contribution in [-0.4, -0.2) is 147 Å². The lowest BCUT2D eigenvalue weighted by Crippen LogP contribution is -2.58. The zero-order chi connectivity index (χ0) is 67.6. The van der Waals surface area contributed by atoms with Gasteiger partial charge in [-0.25, -0.2) is 9.59 Å².